The maximum Gasteiger partial charge on any atom is 0.287 e. The first-order valence-electron chi connectivity index (χ1n) is 7.80. The molecule has 0 aliphatic heterocycles. The molecule has 1 N–H and O–H groups in total. The SMILES string of the molecule is Cc1cc(/C=N/Nc2ccc([N+](=O)[O-])cn2)c(C)n1-c1ccc(Br)cc1. The molecule has 0 unspecified atom stereocenters. The number of rotatable bonds is 5. The zero-order valence-corrected chi connectivity index (χ0v) is 15.8. The lowest BCUT2D eigenvalue weighted by Gasteiger charge is -2.09. The van der Waals surface area contributed by atoms with Gasteiger partial charge in [0.05, 0.1) is 11.1 Å². The van der Waals surface area contributed by atoms with Crippen molar-refractivity contribution in [2.75, 3.05) is 5.43 Å². The second-order valence-corrected chi connectivity index (χ2v) is 6.58. The maximum absolute atomic E-state index is 10.6. The van der Waals surface area contributed by atoms with Crippen LogP contribution in [0.2, 0.25) is 0 Å². The highest BCUT2D eigenvalue weighted by atomic mass is 79.9. The summed E-state index contributed by atoms with van der Waals surface area (Å²) in [5, 5.41) is 14.8. The Balaban J connectivity index is 1.78. The van der Waals surface area contributed by atoms with Gasteiger partial charge in [-0.1, -0.05) is 15.9 Å². The molecule has 7 nitrogen and oxygen atoms in total. The van der Waals surface area contributed by atoms with Gasteiger partial charge in [0, 0.05) is 33.2 Å². The first-order chi connectivity index (χ1) is 12.5. The molecule has 0 aliphatic rings. The number of pyridine rings is 1. The lowest BCUT2D eigenvalue weighted by Crippen LogP contribution is -1.99. The summed E-state index contributed by atoms with van der Waals surface area (Å²) in [6.07, 6.45) is 2.90. The molecule has 0 amide bonds. The Morgan fingerprint density at radius 1 is 1.23 bits per heavy atom. The van der Waals surface area contributed by atoms with Crippen molar-refractivity contribution in [2.45, 2.75) is 13.8 Å². The van der Waals surface area contributed by atoms with Crippen LogP contribution in [0.25, 0.3) is 5.69 Å². The van der Waals surface area contributed by atoms with Gasteiger partial charge in [0.2, 0.25) is 0 Å². The quantitative estimate of drug-likeness (QED) is 0.376. The van der Waals surface area contributed by atoms with Crippen LogP contribution in [0.5, 0.6) is 0 Å². The van der Waals surface area contributed by atoms with E-state index < -0.39 is 4.92 Å². The monoisotopic (exact) mass is 413 g/mol. The second-order valence-electron chi connectivity index (χ2n) is 5.67. The van der Waals surface area contributed by atoms with Crippen LogP contribution in [0.3, 0.4) is 0 Å². The van der Waals surface area contributed by atoms with Gasteiger partial charge in [0.15, 0.2) is 0 Å². The molecule has 2 aromatic heterocycles. The number of aryl methyl sites for hydroxylation is 1. The van der Waals surface area contributed by atoms with Crippen molar-refractivity contribution in [1.29, 1.82) is 0 Å². The molecular formula is C18H16BrN5O2. The Morgan fingerprint density at radius 3 is 2.58 bits per heavy atom. The van der Waals surface area contributed by atoms with Crippen LogP contribution in [0.4, 0.5) is 11.5 Å². The molecule has 26 heavy (non-hydrogen) atoms. The molecule has 3 rings (SSSR count). The van der Waals surface area contributed by atoms with E-state index in [1.54, 1.807) is 6.21 Å². The molecule has 3 aromatic rings. The normalized spacial score (nSPS) is 11.0. The zero-order chi connectivity index (χ0) is 18.7. The summed E-state index contributed by atoms with van der Waals surface area (Å²) in [5.41, 5.74) is 6.93. The number of nitrogens with zero attached hydrogens (tertiary/aromatic N) is 4. The predicted molar refractivity (Wildman–Crippen MR) is 105 cm³/mol. The predicted octanol–water partition coefficient (Wildman–Crippen LogP) is 4.61. The van der Waals surface area contributed by atoms with E-state index in [4.69, 9.17) is 0 Å². The standard InChI is InChI=1S/C18H16BrN5O2/c1-12-9-14(13(2)23(12)16-5-3-15(19)4-6-16)10-21-22-18-8-7-17(11-20-18)24(25)26/h3-11H,1-2H3,(H,20,22)/b21-10+. The zero-order valence-electron chi connectivity index (χ0n) is 14.2. The molecule has 0 fully saturated rings. The molecule has 0 aliphatic carbocycles. The summed E-state index contributed by atoms with van der Waals surface area (Å²) in [7, 11) is 0. The van der Waals surface area contributed by atoms with Gasteiger partial charge < -0.3 is 4.57 Å². The van der Waals surface area contributed by atoms with Crippen molar-refractivity contribution in [3.05, 3.63) is 80.2 Å². The van der Waals surface area contributed by atoms with Gasteiger partial charge in [-0.05, 0) is 50.2 Å². The van der Waals surface area contributed by atoms with Crippen molar-refractivity contribution in [1.82, 2.24) is 9.55 Å². The summed E-state index contributed by atoms with van der Waals surface area (Å²) in [4.78, 5) is 14.1. The fraction of sp³-hybridized carbons (Fsp3) is 0.111. The summed E-state index contributed by atoms with van der Waals surface area (Å²) in [6, 6.07) is 13.0. The molecule has 8 heteroatoms. The van der Waals surface area contributed by atoms with Gasteiger partial charge in [-0.2, -0.15) is 5.10 Å². The van der Waals surface area contributed by atoms with Crippen LogP contribution in [0, 0.1) is 24.0 Å². The van der Waals surface area contributed by atoms with Gasteiger partial charge in [-0.15, -0.1) is 0 Å². The van der Waals surface area contributed by atoms with E-state index in [2.05, 4.69) is 36.0 Å². The van der Waals surface area contributed by atoms with Gasteiger partial charge in [0.1, 0.15) is 12.0 Å². The highest BCUT2D eigenvalue weighted by Crippen LogP contribution is 2.21. The third kappa shape index (κ3) is 3.80. The Morgan fingerprint density at radius 2 is 1.96 bits per heavy atom. The fourth-order valence-corrected chi connectivity index (χ4v) is 2.90. The molecular weight excluding hydrogens is 398 g/mol. The molecule has 132 valence electrons. The van der Waals surface area contributed by atoms with Crippen molar-refractivity contribution >= 4 is 33.6 Å². The minimum absolute atomic E-state index is 0.0578. The number of anilines is 1. The lowest BCUT2D eigenvalue weighted by atomic mass is 10.2. The third-order valence-electron chi connectivity index (χ3n) is 3.90. The second kappa shape index (κ2) is 7.49. The van der Waals surface area contributed by atoms with Gasteiger partial charge in [-0.3, -0.25) is 15.5 Å². The number of nitro groups is 1. The summed E-state index contributed by atoms with van der Waals surface area (Å²) in [6.45, 7) is 4.07. The summed E-state index contributed by atoms with van der Waals surface area (Å²) >= 11 is 3.45. The Kier molecular flexibility index (Phi) is 5.13. The van der Waals surface area contributed by atoms with E-state index in [1.165, 1.54) is 18.3 Å². The molecule has 1 aromatic carbocycles. The van der Waals surface area contributed by atoms with E-state index in [0.29, 0.717) is 5.82 Å². The summed E-state index contributed by atoms with van der Waals surface area (Å²) < 4.78 is 3.18. The number of hydrazone groups is 1. The highest BCUT2D eigenvalue weighted by Gasteiger charge is 2.09. The van der Waals surface area contributed by atoms with E-state index in [0.717, 1.165) is 27.1 Å². The fourth-order valence-electron chi connectivity index (χ4n) is 2.63. The molecule has 0 spiro atoms. The van der Waals surface area contributed by atoms with Crippen molar-refractivity contribution < 1.29 is 4.92 Å². The van der Waals surface area contributed by atoms with Gasteiger partial charge in [0.25, 0.3) is 5.69 Å². The first kappa shape index (κ1) is 17.8. The average molecular weight is 414 g/mol. The maximum atomic E-state index is 10.6. The molecule has 0 bridgehead atoms. The number of halogens is 1. The van der Waals surface area contributed by atoms with Crippen LogP contribution in [-0.4, -0.2) is 20.7 Å². The molecule has 0 atom stereocenters. The topological polar surface area (TPSA) is 85.3 Å². The summed E-state index contributed by atoms with van der Waals surface area (Å²) in [5.74, 6) is 0.438. The highest BCUT2D eigenvalue weighted by molar-refractivity contribution is 9.10. The molecule has 0 saturated heterocycles. The Labute approximate surface area is 158 Å². The van der Waals surface area contributed by atoms with E-state index >= 15 is 0 Å². The van der Waals surface area contributed by atoms with Crippen LogP contribution < -0.4 is 5.43 Å². The Hall–Kier alpha value is -3.00. The lowest BCUT2D eigenvalue weighted by molar-refractivity contribution is -0.385. The van der Waals surface area contributed by atoms with E-state index in [-0.39, 0.29) is 5.69 Å². The molecule has 0 radical (unpaired) electrons. The van der Waals surface area contributed by atoms with Crippen LogP contribution in [0.1, 0.15) is 17.0 Å². The number of hydrogen-bond acceptors (Lipinski definition) is 5. The van der Waals surface area contributed by atoms with Gasteiger partial charge >= 0.3 is 0 Å². The molecule has 0 saturated carbocycles. The van der Waals surface area contributed by atoms with Crippen LogP contribution in [-0.2, 0) is 0 Å². The minimum Gasteiger partial charge on any atom is -0.318 e. The Bertz CT molecular complexity index is 962. The largest absolute Gasteiger partial charge is 0.318 e. The first-order valence-corrected chi connectivity index (χ1v) is 8.59. The number of nitrogens with one attached hydrogen (secondary N) is 1. The minimum atomic E-state index is -0.489. The molecule has 2 heterocycles. The van der Waals surface area contributed by atoms with Crippen molar-refractivity contribution in [3.63, 3.8) is 0 Å². The smallest absolute Gasteiger partial charge is 0.287 e. The van der Waals surface area contributed by atoms with Gasteiger partial charge in [-0.25, -0.2) is 4.98 Å². The van der Waals surface area contributed by atoms with Crippen LogP contribution in [0.15, 0.2) is 58.2 Å². The third-order valence-corrected chi connectivity index (χ3v) is 4.43. The van der Waals surface area contributed by atoms with Crippen molar-refractivity contribution in [2.24, 2.45) is 5.10 Å². The van der Waals surface area contributed by atoms with E-state index in [1.807, 2.05) is 44.2 Å². The number of hydrogen-bond donors (Lipinski definition) is 1. The average Bonchev–Trinajstić information content (AvgIpc) is 2.90. The van der Waals surface area contributed by atoms with Crippen LogP contribution >= 0.6 is 15.9 Å². The number of aromatic nitrogens is 2. The number of benzene rings is 1. The van der Waals surface area contributed by atoms with E-state index in [9.17, 15) is 10.1 Å². The van der Waals surface area contributed by atoms with Crippen molar-refractivity contribution in [3.8, 4) is 5.69 Å².